The van der Waals surface area contributed by atoms with Gasteiger partial charge in [-0.05, 0) is 24.3 Å². The zero-order valence-electron chi connectivity index (χ0n) is 11.2. The second-order valence-electron chi connectivity index (χ2n) is 4.29. The number of anilines is 2. The smallest absolute Gasteiger partial charge is 0.281 e. The molecule has 0 spiro atoms. The van der Waals surface area contributed by atoms with Crippen LogP contribution in [0.15, 0.2) is 53.9 Å². The number of nitrogens with one attached hydrogen (secondary N) is 2. The summed E-state index contributed by atoms with van der Waals surface area (Å²) in [5.74, 6) is 0.294. The fourth-order valence-corrected chi connectivity index (χ4v) is 3.38. The Bertz CT molecular complexity index is 874. The average molecular weight is 303 g/mol. The van der Waals surface area contributed by atoms with Gasteiger partial charge in [0.25, 0.3) is 10.0 Å². The van der Waals surface area contributed by atoms with Gasteiger partial charge in [0.1, 0.15) is 5.65 Å². The molecule has 0 aliphatic heterocycles. The molecule has 0 fully saturated rings. The Labute approximate surface area is 121 Å². The summed E-state index contributed by atoms with van der Waals surface area (Å²) in [5.41, 5.74) is 0.995. The van der Waals surface area contributed by atoms with Gasteiger partial charge in [-0.15, -0.1) is 0 Å². The lowest BCUT2D eigenvalue weighted by Gasteiger charge is -2.09. The molecule has 108 valence electrons. The molecule has 3 heterocycles. The molecule has 0 radical (unpaired) electrons. The fourth-order valence-electron chi connectivity index (χ4n) is 2.02. The summed E-state index contributed by atoms with van der Waals surface area (Å²) in [6.45, 7) is 0. The largest absolute Gasteiger partial charge is 0.371 e. The van der Waals surface area contributed by atoms with E-state index in [1.165, 1.54) is 16.8 Å². The maximum Gasteiger partial charge on any atom is 0.281 e. The fraction of sp³-hybridized carbons (Fsp3) is 0.0769. The molecule has 0 saturated heterocycles. The van der Waals surface area contributed by atoms with Gasteiger partial charge in [0.05, 0.1) is 5.69 Å². The predicted molar refractivity (Wildman–Crippen MR) is 79.8 cm³/mol. The van der Waals surface area contributed by atoms with Gasteiger partial charge in [0.15, 0.2) is 5.82 Å². The molecule has 7 nitrogen and oxygen atoms in total. The summed E-state index contributed by atoms with van der Waals surface area (Å²) in [6, 6.07) is 8.46. The zero-order chi connectivity index (χ0) is 14.9. The number of fused-ring (bicyclic) bond motifs is 1. The minimum absolute atomic E-state index is 0.0670. The van der Waals surface area contributed by atoms with E-state index in [1.54, 1.807) is 43.6 Å². The van der Waals surface area contributed by atoms with E-state index < -0.39 is 10.0 Å². The second-order valence-corrected chi connectivity index (χ2v) is 5.88. The van der Waals surface area contributed by atoms with Crippen molar-refractivity contribution in [1.29, 1.82) is 0 Å². The summed E-state index contributed by atoms with van der Waals surface area (Å²) in [5, 5.41) is 2.88. The molecule has 0 aromatic carbocycles. The Morgan fingerprint density at radius 1 is 1.14 bits per heavy atom. The lowest BCUT2D eigenvalue weighted by atomic mass is 10.4. The maximum absolute atomic E-state index is 12.6. The predicted octanol–water partition coefficient (Wildman–Crippen LogP) is 1.57. The van der Waals surface area contributed by atoms with E-state index in [-0.39, 0.29) is 5.03 Å². The molecule has 0 bridgehead atoms. The van der Waals surface area contributed by atoms with E-state index in [0.717, 1.165) is 0 Å². The van der Waals surface area contributed by atoms with E-state index in [4.69, 9.17) is 0 Å². The van der Waals surface area contributed by atoms with E-state index in [2.05, 4.69) is 20.0 Å². The first-order valence-corrected chi connectivity index (χ1v) is 7.68. The summed E-state index contributed by atoms with van der Waals surface area (Å²) in [7, 11) is -2.15. The van der Waals surface area contributed by atoms with Gasteiger partial charge < -0.3 is 5.32 Å². The molecule has 21 heavy (non-hydrogen) atoms. The van der Waals surface area contributed by atoms with Crippen molar-refractivity contribution in [3.63, 3.8) is 0 Å². The van der Waals surface area contributed by atoms with E-state index in [0.29, 0.717) is 17.2 Å². The van der Waals surface area contributed by atoms with Crippen molar-refractivity contribution < 1.29 is 8.42 Å². The van der Waals surface area contributed by atoms with Crippen LogP contribution in [0.1, 0.15) is 0 Å². The van der Waals surface area contributed by atoms with Gasteiger partial charge in [-0.2, -0.15) is 8.42 Å². The number of hydrogen-bond donors (Lipinski definition) is 2. The third-order valence-corrected chi connectivity index (χ3v) is 4.31. The van der Waals surface area contributed by atoms with Crippen LogP contribution in [0.4, 0.5) is 11.5 Å². The van der Waals surface area contributed by atoms with Crippen LogP contribution in [-0.2, 0) is 10.0 Å². The van der Waals surface area contributed by atoms with Crippen LogP contribution in [0.2, 0.25) is 0 Å². The Kier molecular flexibility index (Phi) is 3.22. The molecular formula is C13H13N5O2S. The highest BCUT2D eigenvalue weighted by atomic mass is 32.2. The molecule has 3 rings (SSSR count). The third-order valence-electron chi connectivity index (χ3n) is 2.91. The molecule has 0 amide bonds. The molecule has 0 atom stereocenters. The molecule has 0 aliphatic carbocycles. The van der Waals surface area contributed by atoms with E-state index in [9.17, 15) is 8.42 Å². The van der Waals surface area contributed by atoms with Crippen LogP contribution in [0, 0.1) is 0 Å². The Morgan fingerprint density at radius 2 is 1.90 bits per heavy atom. The molecule has 0 unspecified atom stereocenters. The molecule has 3 aromatic rings. The lowest BCUT2D eigenvalue weighted by molar-refractivity contribution is 0.597. The van der Waals surface area contributed by atoms with Crippen LogP contribution in [0.3, 0.4) is 0 Å². The van der Waals surface area contributed by atoms with Gasteiger partial charge in [0.2, 0.25) is 5.03 Å². The number of pyridine rings is 2. The van der Waals surface area contributed by atoms with Gasteiger partial charge in [-0.3, -0.25) is 14.1 Å². The highest BCUT2D eigenvalue weighted by Gasteiger charge is 2.24. The molecule has 8 heteroatoms. The van der Waals surface area contributed by atoms with Gasteiger partial charge in [0, 0.05) is 25.6 Å². The topological polar surface area (TPSA) is 88.4 Å². The van der Waals surface area contributed by atoms with Crippen molar-refractivity contribution in [3.8, 4) is 0 Å². The van der Waals surface area contributed by atoms with Crippen LogP contribution in [-0.4, -0.2) is 29.8 Å². The van der Waals surface area contributed by atoms with Crippen molar-refractivity contribution in [3.05, 3.63) is 48.9 Å². The van der Waals surface area contributed by atoms with Crippen molar-refractivity contribution in [2.24, 2.45) is 0 Å². The van der Waals surface area contributed by atoms with Crippen LogP contribution < -0.4 is 10.0 Å². The summed E-state index contributed by atoms with van der Waals surface area (Å²) in [6.07, 6.45) is 4.70. The van der Waals surface area contributed by atoms with Crippen LogP contribution >= 0.6 is 0 Å². The van der Waals surface area contributed by atoms with Gasteiger partial charge in [-0.25, -0.2) is 4.98 Å². The number of nitrogens with zero attached hydrogens (tertiary/aromatic N) is 3. The minimum atomic E-state index is -3.78. The molecular weight excluding hydrogens is 290 g/mol. The van der Waals surface area contributed by atoms with E-state index >= 15 is 0 Å². The number of imidazole rings is 1. The molecule has 2 N–H and O–H groups in total. The van der Waals surface area contributed by atoms with E-state index in [1.807, 2.05) is 0 Å². The van der Waals surface area contributed by atoms with Gasteiger partial charge in [-0.1, -0.05) is 6.07 Å². The number of hydrogen-bond acceptors (Lipinski definition) is 5. The first kappa shape index (κ1) is 13.4. The minimum Gasteiger partial charge on any atom is -0.371 e. The number of rotatable bonds is 4. The average Bonchev–Trinajstić information content (AvgIpc) is 2.87. The number of aromatic nitrogens is 3. The SMILES string of the molecule is CNc1nc2ccccn2c1S(=O)(=O)Nc1ccncc1. The van der Waals surface area contributed by atoms with Crippen molar-refractivity contribution in [2.75, 3.05) is 17.1 Å². The lowest BCUT2D eigenvalue weighted by Crippen LogP contribution is -2.16. The monoisotopic (exact) mass is 303 g/mol. The third kappa shape index (κ3) is 2.40. The highest BCUT2D eigenvalue weighted by molar-refractivity contribution is 7.92. The zero-order valence-corrected chi connectivity index (χ0v) is 12.0. The van der Waals surface area contributed by atoms with Crippen molar-refractivity contribution >= 4 is 27.2 Å². The van der Waals surface area contributed by atoms with Crippen molar-refractivity contribution in [2.45, 2.75) is 5.03 Å². The van der Waals surface area contributed by atoms with Crippen LogP contribution in [0.25, 0.3) is 5.65 Å². The van der Waals surface area contributed by atoms with Crippen molar-refractivity contribution in [1.82, 2.24) is 14.4 Å². The normalized spacial score (nSPS) is 11.5. The molecule has 0 saturated carbocycles. The summed E-state index contributed by atoms with van der Waals surface area (Å²) in [4.78, 5) is 8.12. The van der Waals surface area contributed by atoms with Crippen LogP contribution in [0.5, 0.6) is 0 Å². The first-order chi connectivity index (χ1) is 10.1. The quantitative estimate of drug-likeness (QED) is 0.764. The number of sulfonamides is 1. The molecule has 0 aliphatic rings. The maximum atomic E-state index is 12.6. The van der Waals surface area contributed by atoms with Gasteiger partial charge >= 0.3 is 0 Å². The second kappa shape index (κ2) is 5.06. The Morgan fingerprint density at radius 3 is 2.62 bits per heavy atom. The first-order valence-electron chi connectivity index (χ1n) is 6.19. The summed E-state index contributed by atoms with van der Waals surface area (Å²) < 4.78 is 29.3. The Balaban J connectivity index is 2.14. The summed E-state index contributed by atoms with van der Waals surface area (Å²) >= 11 is 0. The highest BCUT2D eigenvalue weighted by Crippen LogP contribution is 2.24. The standard InChI is InChI=1S/C13H13N5O2S/c1-14-12-13(18-9-3-2-4-11(18)16-12)21(19,20)17-10-5-7-15-8-6-10/h2-9,14H,1H3,(H,15,17). The molecule has 3 aromatic heterocycles. The Hall–Kier alpha value is -2.61.